The van der Waals surface area contributed by atoms with E-state index in [0.29, 0.717) is 5.57 Å². The van der Waals surface area contributed by atoms with Crippen molar-refractivity contribution in [2.45, 2.75) is 6.92 Å². The summed E-state index contributed by atoms with van der Waals surface area (Å²) in [6.07, 6.45) is 4.25. The van der Waals surface area contributed by atoms with E-state index in [-0.39, 0.29) is 5.91 Å². The van der Waals surface area contributed by atoms with Crippen molar-refractivity contribution in [3.05, 3.63) is 23.8 Å². The Hall–Kier alpha value is -1.58. The number of methoxy groups -OCH3 is 1. The molecule has 0 fully saturated rings. The van der Waals surface area contributed by atoms with Crippen LogP contribution in [0.2, 0.25) is 0 Å². The number of allylic oxidation sites excluding steroid dienone is 1. The summed E-state index contributed by atoms with van der Waals surface area (Å²) < 4.78 is 4.48. The maximum absolute atomic E-state index is 11.0. The summed E-state index contributed by atoms with van der Waals surface area (Å²) in [6, 6.07) is 0. The predicted octanol–water partition coefficient (Wildman–Crippen LogP) is 0.408. The third-order valence-corrected chi connectivity index (χ3v) is 1.39. The molecule has 72 valence electrons. The lowest BCUT2D eigenvalue weighted by Crippen LogP contribution is -2.14. The standard InChI is InChI=1S/C9H13NO3/c1-4-7(9(12)13-3)5-6-8(11)10-2/h4-6H,1-3H3,(H,10,11)/b6-5-,7-4+. The van der Waals surface area contributed by atoms with Crippen molar-refractivity contribution in [3.8, 4) is 0 Å². The number of hydrogen-bond acceptors (Lipinski definition) is 3. The molecule has 0 bridgehead atoms. The fraction of sp³-hybridized carbons (Fsp3) is 0.333. The van der Waals surface area contributed by atoms with E-state index in [1.807, 2.05) is 0 Å². The zero-order valence-electron chi connectivity index (χ0n) is 7.96. The number of carbonyl (C=O) groups excluding carboxylic acids is 2. The minimum Gasteiger partial charge on any atom is -0.465 e. The third kappa shape index (κ3) is 4.10. The molecule has 0 aromatic rings. The van der Waals surface area contributed by atoms with Crippen molar-refractivity contribution in [1.82, 2.24) is 5.32 Å². The molecule has 1 N–H and O–H groups in total. The summed E-state index contributed by atoms with van der Waals surface area (Å²) >= 11 is 0. The number of hydrogen-bond donors (Lipinski definition) is 1. The van der Waals surface area contributed by atoms with Gasteiger partial charge in [0.05, 0.1) is 12.7 Å². The number of amides is 1. The van der Waals surface area contributed by atoms with Crippen LogP contribution in [0.3, 0.4) is 0 Å². The summed E-state index contributed by atoms with van der Waals surface area (Å²) in [5, 5.41) is 2.40. The summed E-state index contributed by atoms with van der Waals surface area (Å²) in [5.74, 6) is -0.717. The second-order valence-corrected chi connectivity index (χ2v) is 2.18. The zero-order valence-corrected chi connectivity index (χ0v) is 7.96. The van der Waals surface area contributed by atoms with Crippen LogP contribution < -0.4 is 5.32 Å². The molecule has 0 spiro atoms. The highest BCUT2D eigenvalue weighted by Crippen LogP contribution is 1.98. The van der Waals surface area contributed by atoms with E-state index in [1.165, 1.54) is 26.3 Å². The first-order valence-electron chi connectivity index (χ1n) is 3.80. The Balaban J connectivity index is 4.39. The Morgan fingerprint density at radius 2 is 1.92 bits per heavy atom. The van der Waals surface area contributed by atoms with E-state index in [9.17, 15) is 9.59 Å². The molecular formula is C9H13NO3. The van der Waals surface area contributed by atoms with Crippen LogP contribution in [0.25, 0.3) is 0 Å². The molecule has 1 amide bonds. The van der Waals surface area contributed by atoms with Crippen molar-refractivity contribution in [1.29, 1.82) is 0 Å². The topological polar surface area (TPSA) is 55.4 Å². The molecule has 0 aliphatic rings. The number of nitrogens with one attached hydrogen (secondary N) is 1. The molecule has 0 unspecified atom stereocenters. The second-order valence-electron chi connectivity index (χ2n) is 2.18. The van der Waals surface area contributed by atoms with Crippen molar-refractivity contribution in [2.24, 2.45) is 0 Å². The Kier molecular flexibility index (Phi) is 5.27. The predicted molar refractivity (Wildman–Crippen MR) is 49.0 cm³/mol. The van der Waals surface area contributed by atoms with E-state index in [0.717, 1.165) is 0 Å². The Morgan fingerprint density at radius 3 is 2.31 bits per heavy atom. The highest BCUT2D eigenvalue weighted by atomic mass is 16.5. The van der Waals surface area contributed by atoms with Crippen LogP contribution in [0.5, 0.6) is 0 Å². The largest absolute Gasteiger partial charge is 0.465 e. The highest BCUT2D eigenvalue weighted by molar-refractivity contribution is 5.95. The van der Waals surface area contributed by atoms with Crippen LogP contribution in [0.15, 0.2) is 23.8 Å². The quantitative estimate of drug-likeness (QED) is 0.391. The highest BCUT2D eigenvalue weighted by Gasteiger charge is 2.03. The number of esters is 1. The van der Waals surface area contributed by atoms with Gasteiger partial charge in [-0.2, -0.15) is 0 Å². The van der Waals surface area contributed by atoms with Gasteiger partial charge in [0.2, 0.25) is 5.91 Å². The monoisotopic (exact) mass is 183 g/mol. The fourth-order valence-electron chi connectivity index (χ4n) is 0.649. The number of likely N-dealkylation sites (N-methyl/N-ethyl adjacent to an activating group) is 1. The van der Waals surface area contributed by atoms with Crippen LogP contribution >= 0.6 is 0 Å². The van der Waals surface area contributed by atoms with E-state index in [1.54, 1.807) is 13.0 Å². The van der Waals surface area contributed by atoms with Gasteiger partial charge in [-0.3, -0.25) is 4.79 Å². The molecule has 0 saturated carbocycles. The van der Waals surface area contributed by atoms with Gasteiger partial charge in [0, 0.05) is 13.1 Å². The van der Waals surface area contributed by atoms with Gasteiger partial charge in [0.15, 0.2) is 0 Å². The van der Waals surface area contributed by atoms with E-state index >= 15 is 0 Å². The lowest BCUT2D eigenvalue weighted by molar-refractivity contribution is -0.135. The maximum Gasteiger partial charge on any atom is 0.337 e. The van der Waals surface area contributed by atoms with Gasteiger partial charge in [-0.25, -0.2) is 4.79 Å². The zero-order chi connectivity index (χ0) is 10.3. The van der Waals surface area contributed by atoms with Crippen molar-refractivity contribution >= 4 is 11.9 Å². The van der Waals surface area contributed by atoms with Crippen LogP contribution in [0.1, 0.15) is 6.92 Å². The van der Waals surface area contributed by atoms with Crippen LogP contribution in [0, 0.1) is 0 Å². The first kappa shape index (κ1) is 11.4. The molecule has 0 atom stereocenters. The Morgan fingerprint density at radius 1 is 1.31 bits per heavy atom. The lowest BCUT2D eigenvalue weighted by atomic mass is 10.2. The SMILES string of the molecule is C/C=C(\C=C/C(=O)NC)C(=O)OC. The summed E-state index contributed by atoms with van der Waals surface area (Å²) in [4.78, 5) is 21.7. The second kappa shape index (κ2) is 5.99. The van der Waals surface area contributed by atoms with E-state index in [4.69, 9.17) is 0 Å². The van der Waals surface area contributed by atoms with Crippen LogP contribution in [0.4, 0.5) is 0 Å². The molecular weight excluding hydrogens is 170 g/mol. The van der Waals surface area contributed by atoms with Crippen molar-refractivity contribution in [2.75, 3.05) is 14.2 Å². The van der Waals surface area contributed by atoms with Gasteiger partial charge in [-0.15, -0.1) is 0 Å². The first-order valence-corrected chi connectivity index (χ1v) is 3.80. The lowest BCUT2D eigenvalue weighted by Gasteiger charge is -1.97. The van der Waals surface area contributed by atoms with Gasteiger partial charge in [-0.05, 0) is 13.0 Å². The van der Waals surface area contributed by atoms with Crippen molar-refractivity contribution < 1.29 is 14.3 Å². The molecule has 0 aliphatic heterocycles. The average Bonchev–Trinajstić information content (AvgIpc) is 2.17. The molecule has 13 heavy (non-hydrogen) atoms. The molecule has 4 nitrogen and oxygen atoms in total. The van der Waals surface area contributed by atoms with Crippen LogP contribution in [-0.4, -0.2) is 26.0 Å². The minimum atomic E-state index is -0.456. The van der Waals surface area contributed by atoms with Gasteiger partial charge < -0.3 is 10.1 Å². The van der Waals surface area contributed by atoms with E-state index in [2.05, 4.69) is 10.1 Å². The molecule has 0 saturated heterocycles. The number of ether oxygens (including phenoxy) is 1. The molecule has 0 aromatic heterocycles. The van der Waals surface area contributed by atoms with Gasteiger partial charge >= 0.3 is 5.97 Å². The minimum absolute atomic E-state index is 0.261. The molecule has 0 rings (SSSR count). The Bertz CT molecular complexity index is 254. The van der Waals surface area contributed by atoms with Gasteiger partial charge in [0.1, 0.15) is 0 Å². The fourth-order valence-corrected chi connectivity index (χ4v) is 0.649. The molecule has 0 radical (unpaired) electrons. The van der Waals surface area contributed by atoms with Gasteiger partial charge in [-0.1, -0.05) is 6.08 Å². The molecule has 0 aromatic carbocycles. The molecule has 4 heteroatoms. The number of carbonyl (C=O) groups is 2. The first-order chi connectivity index (χ1) is 6.15. The summed E-state index contributed by atoms with van der Waals surface area (Å²) in [6.45, 7) is 1.69. The maximum atomic E-state index is 11.0. The van der Waals surface area contributed by atoms with Gasteiger partial charge in [0.25, 0.3) is 0 Å². The smallest absolute Gasteiger partial charge is 0.337 e. The number of rotatable bonds is 3. The van der Waals surface area contributed by atoms with Crippen molar-refractivity contribution in [3.63, 3.8) is 0 Å². The molecule has 0 heterocycles. The van der Waals surface area contributed by atoms with Crippen LogP contribution in [-0.2, 0) is 14.3 Å². The summed E-state index contributed by atoms with van der Waals surface area (Å²) in [7, 11) is 2.81. The molecule has 0 aliphatic carbocycles. The normalized spacial score (nSPS) is 11.5. The third-order valence-electron chi connectivity index (χ3n) is 1.39. The summed E-state index contributed by atoms with van der Waals surface area (Å²) in [5.41, 5.74) is 0.353. The average molecular weight is 183 g/mol. The van der Waals surface area contributed by atoms with E-state index < -0.39 is 5.97 Å². The Labute approximate surface area is 77.3 Å².